The molecule has 0 aliphatic carbocycles. The number of amides is 1. The number of pyridine rings is 1. The number of fused-ring (bicyclic) bond motifs is 1. The molecule has 0 fully saturated rings. The average molecular weight is 335 g/mol. The molecule has 4 nitrogen and oxygen atoms in total. The molecule has 0 unspecified atom stereocenters. The lowest BCUT2D eigenvalue weighted by atomic mass is 10.1. The summed E-state index contributed by atoms with van der Waals surface area (Å²) in [7, 11) is 0. The maximum atomic E-state index is 13.1. The Balaban J connectivity index is 2.03. The Morgan fingerprint density at radius 1 is 1.25 bits per heavy atom. The lowest BCUT2D eigenvalue weighted by Gasteiger charge is -2.17. The number of Topliss-reactive ketones (excluding diaryl/α,β-unsaturated/α-hetero) is 1. The fraction of sp³-hybridized carbons (Fsp3) is 0.0714. The van der Waals surface area contributed by atoms with E-state index < -0.39 is 17.5 Å². The van der Waals surface area contributed by atoms with E-state index in [0.29, 0.717) is 21.3 Å². The van der Waals surface area contributed by atoms with Crippen molar-refractivity contribution < 1.29 is 14.0 Å². The van der Waals surface area contributed by atoms with Crippen LogP contribution in [0, 0.1) is 5.82 Å². The van der Waals surface area contributed by atoms with E-state index in [-0.39, 0.29) is 6.54 Å². The van der Waals surface area contributed by atoms with Crippen LogP contribution in [-0.4, -0.2) is 16.7 Å². The zero-order valence-electron chi connectivity index (χ0n) is 10.1. The monoisotopic (exact) mass is 334 g/mol. The fourth-order valence-corrected chi connectivity index (χ4v) is 2.77. The van der Waals surface area contributed by atoms with Gasteiger partial charge >= 0.3 is 0 Å². The van der Waals surface area contributed by atoms with Crippen LogP contribution in [-0.2, 0) is 11.3 Å². The van der Waals surface area contributed by atoms with Crippen molar-refractivity contribution in [2.45, 2.75) is 6.54 Å². The number of hydrogen-bond donors (Lipinski definition) is 0. The minimum Gasteiger partial charge on any atom is -0.299 e. The topological polar surface area (TPSA) is 50.3 Å². The summed E-state index contributed by atoms with van der Waals surface area (Å²) >= 11 is 3.33. The quantitative estimate of drug-likeness (QED) is 0.793. The van der Waals surface area contributed by atoms with Crippen LogP contribution in [0.5, 0.6) is 0 Å². The van der Waals surface area contributed by atoms with E-state index in [1.54, 1.807) is 18.2 Å². The van der Waals surface area contributed by atoms with Gasteiger partial charge in [0.05, 0.1) is 24.0 Å². The van der Waals surface area contributed by atoms with Gasteiger partial charge in [-0.05, 0) is 39.7 Å². The third kappa shape index (κ3) is 2.02. The van der Waals surface area contributed by atoms with Gasteiger partial charge in [0.15, 0.2) is 0 Å². The first-order chi connectivity index (χ1) is 9.58. The molecular weight excluding hydrogens is 327 g/mol. The average Bonchev–Trinajstić information content (AvgIpc) is 2.66. The number of hydrogen-bond acceptors (Lipinski definition) is 3. The smallest absolute Gasteiger partial charge is 0.299 e. The number of benzene rings is 1. The van der Waals surface area contributed by atoms with Crippen molar-refractivity contribution in [2.24, 2.45) is 0 Å². The molecule has 2 heterocycles. The Bertz CT molecular complexity index is 733. The largest absolute Gasteiger partial charge is 0.299 e. The minimum absolute atomic E-state index is 0.102. The number of para-hydroxylation sites is 1. The number of aromatic nitrogens is 1. The van der Waals surface area contributed by atoms with E-state index in [4.69, 9.17) is 0 Å². The highest BCUT2D eigenvalue weighted by atomic mass is 79.9. The van der Waals surface area contributed by atoms with E-state index in [2.05, 4.69) is 20.9 Å². The summed E-state index contributed by atoms with van der Waals surface area (Å²) < 4.78 is 13.8. The molecule has 1 aromatic carbocycles. The lowest BCUT2D eigenvalue weighted by molar-refractivity contribution is -0.114. The summed E-state index contributed by atoms with van der Waals surface area (Å²) in [6.07, 6.45) is 2.56. The second-order valence-electron chi connectivity index (χ2n) is 4.37. The third-order valence-corrected chi connectivity index (χ3v) is 3.68. The van der Waals surface area contributed by atoms with Gasteiger partial charge in [-0.15, -0.1) is 0 Å². The molecule has 0 saturated heterocycles. The predicted molar refractivity (Wildman–Crippen MR) is 73.9 cm³/mol. The molecule has 1 aliphatic heterocycles. The second kappa shape index (κ2) is 4.79. The van der Waals surface area contributed by atoms with E-state index >= 15 is 0 Å². The number of carbonyl (C=O) groups excluding carboxylic acids is 2. The molecule has 20 heavy (non-hydrogen) atoms. The summed E-state index contributed by atoms with van der Waals surface area (Å²) in [4.78, 5) is 29.0. The van der Waals surface area contributed by atoms with Gasteiger partial charge in [0.2, 0.25) is 0 Å². The maximum absolute atomic E-state index is 13.1. The lowest BCUT2D eigenvalue weighted by Crippen LogP contribution is -2.29. The molecule has 1 aromatic heterocycles. The first-order valence-corrected chi connectivity index (χ1v) is 6.61. The Morgan fingerprint density at radius 3 is 2.80 bits per heavy atom. The summed E-state index contributed by atoms with van der Waals surface area (Å²) in [5.74, 6) is -1.64. The van der Waals surface area contributed by atoms with Crippen LogP contribution < -0.4 is 4.90 Å². The number of ketones is 1. The first-order valence-electron chi connectivity index (χ1n) is 5.82. The van der Waals surface area contributed by atoms with Crippen molar-refractivity contribution in [3.05, 3.63) is 58.1 Å². The van der Waals surface area contributed by atoms with Gasteiger partial charge in [0, 0.05) is 10.7 Å². The van der Waals surface area contributed by atoms with Crippen molar-refractivity contribution >= 4 is 33.3 Å². The molecule has 0 radical (unpaired) electrons. The normalized spacial score (nSPS) is 13.8. The van der Waals surface area contributed by atoms with Crippen LogP contribution in [0.4, 0.5) is 10.1 Å². The van der Waals surface area contributed by atoms with E-state index in [0.717, 1.165) is 6.20 Å². The fourth-order valence-electron chi connectivity index (χ4n) is 2.19. The Morgan fingerprint density at radius 2 is 2.05 bits per heavy atom. The number of carbonyl (C=O) groups is 2. The highest BCUT2D eigenvalue weighted by Crippen LogP contribution is 2.36. The van der Waals surface area contributed by atoms with E-state index in [1.165, 1.54) is 17.2 Å². The Labute approximate surface area is 122 Å². The van der Waals surface area contributed by atoms with E-state index in [1.807, 2.05) is 0 Å². The molecule has 0 N–H and O–H groups in total. The number of rotatable bonds is 2. The van der Waals surface area contributed by atoms with Gasteiger partial charge < -0.3 is 0 Å². The predicted octanol–water partition coefficient (Wildman–Crippen LogP) is 2.71. The van der Waals surface area contributed by atoms with Crippen molar-refractivity contribution in [2.75, 3.05) is 4.90 Å². The molecule has 1 amide bonds. The van der Waals surface area contributed by atoms with E-state index in [9.17, 15) is 14.0 Å². The summed E-state index contributed by atoms with van der Waals surface area (Å²) in [6, 6.07) is 6.34. The van der Waals surface area contributed by atoms with Crippen molar-refractivity contribution in [1.82, 2.24) is 4.98 Å². The zero-order chi connectivity index (χ0) is 14.3. The molecule has 1 aliphatic rings. The summed E-state index contributed by atoms with van der Waals surface area (Å²) in [5, 5.41) is 0. The van der Waals surface area contributed by atoms with Crippen LogP contribution in [0.1, 0.15) is 15.9 Å². The van der Waals surface area contributed by atoms with Gasteiger partial charge in [-0.1, -0.05) is 6.07 Å². The van der Waals surface area contributed by atoms with Crippen LogP contribution in [0.15, 0.2) is 41.1 Å². The number of halogens is 2. The molecule has 100 valence electrons. The van der Waals surface area contributed by atoms with Crippen molar-refractivity contribution in [3.8, 4) is 0 Å². The van der Waals surface area contributed by atoms with Gasteiger partial charge in [-0.2, -0.15) is 0 Å². The highest BCUT2D eigenvalue weighted by Gasteiger charge is 2.37. The first kappa shape index (κ1) is 12.9. The third-order valence-electron chi connectivity index (χ3n) is 3.04. The molecular formula is C14H8BrFN2O2. The Kier molecular flexibility index (Phi) is 3.10. The van der Waals surface area contributed by atoms with Crippen molar-refractivity contribution in [3.63, 3.8) is 0 Å². The van der Waals surface area contributed by atoms with Gasteiger partial charge in [-0.3, -0.25) is 19.5 Å². The Hall–Kier alpha value is -2.08. The molecule has 0 bridgehead atoms. The van der Waals surface area contributed by atoms with Crippen molar-refractivity contribution in [1.29, 1.82) is 0 Å². The standard InChI is InChI=1S/C14H8BrFN2O2/c15-11-3-1-2-10-12(11)18(14(20)13(10)19)7-8-4-9(16)6-17-5-8/h1-6H,7H2. The summed E-state index contributed by atoms with van der Waals surface area (Å²) in [5.41, 5.74) is 1.40. The van der Waals surface area contributed by atoms with Crippen LogP contribution in [0.3, 0.4) is 0 Å². The SMILES string of the molecule is O=C1C(=O)N(Cc2cncc(F)c2)c2c(Br)cccc21. The van der Waals surface area contributed by atoms with Crippen LogP contribution in [0.25, 0.3) is 0 Å². The maximum Gasteiger partial charge on any atom is 0.299 e. The molecule has 6 heteroatoms. The van der Waals surface area contributed by atoms with Gasteiger partial charge in [0.25, 0.3) is 11.7 Å². The highest BCUT2D eigenvalue weighted by molar-refractivity contribution is 9.10. The molecule has 2 aromatic rings. The molecule has 3 rings (SSSR count). The van der Waals surface area contributed by atoms with Gasteiger partial charge in [0.1, 0.15) is 5.82 Å². The van der Waals surface area contributed by atoms with Crippen LogP contribution >= 0.6 is 15.9 Å². The zero-order valence-corrected chi connectivity index (χ0v) is 11.7. The second-order valence-corrected chi connectivity index (χ2v) is 5.22. The number of anilines is 1. The van der Waals surface area contributed by atoms with Gasteiger partial charge in [-0.25, -0.2) is 4.39 Å². The molecule has 0 spiro atoms. The minimum atomic E-state index is -0.615. The molecule has 0 saturated carbocycles. The van der Waals surface area contributed by atoms with Crippen LogP contribution in [0.2, 0.25) is 0 Å². The molecule has 0 atom stereocenters. The summed E-state index contributed by atoms with van der Waals surface area (Å²) in [6.45, 7) is 0.102. The number of nitrogens with zero attached hydrogens (tertiary/aromatic N) is 2.